The van der Waals surface area contributed by atoms with Crippen molar-refractivity contribution >= 4 is 57.6 Å². The number of benzene rings is 3. The van der Waals surface area contributed by atoms with Crippen molar-refractivity contribution in [2.75, 3.05) is 4.90 Å². The van der Waals surface area contributed by atoms with Gasteiger partial charge in [-0.1, -0.05) is 101 Å². The first kappa shape index (κ1) is 25.8. The third-order valence-corrected chi connectivity index (χ3v) is 8.16. The maximum Gasteiger partial charge on any atom is 0.296 e. The zero-order valence-electron chi connectivity index (χ0n) is 19.6. The molecule has 10 heteroatoms. The zero-order chi connectivity index (χ0) is 26.6. The predicted octanol–water partition coefficient (Wildman–Crippen LogP) is 6.81. The topological polar surface area (TPSA) is 83.4 Å². The molecule has 5 rings (SSSR count). The average molecular weight is 564 g/mol. The largest absolute Gasteiger partial charge is 0.503 e. The Bertz CT molecular complexity index is 1560. The Morgan fingerprint density at radius 2 is 1.76 bits per heavy atom. The van der Waals surface area contributed by atoms with Gasteiger partial charge < -0.3 is 5.11 Å². The smallest absolute Gasteiger partial charge is 0.296 e. The van der Waals surface area contributed by atoms with E-state index >= 15 is 0 Å². The molecule has 0 saturated heterocycles. The molecule has 0 bridgehead atoms. The molecule has 2 heterocycles. The molecule has 0 saturated carbocycles. The van der Waals surface area contributed by atoms with Crippen molar-refractivity contribution in [3.63, 3.8) is 0 Å². The normalized spacial score (nSPS) is 15.6. The van der Waals surface area contributed by atoms with Crippen molar-refractivity contribution in [1.29, 1.82) is 0 Å². The number of amides is 1. The lowest BCUT2D eigenvalue weighted by molar-refractivity contribution is -0.117. The van der Waals surface area contributed by atoms with E-state index in [2.05, 4.69) is 10.2 Å². The van der Waals surface area contributed by atoms with Gasteiger partial charge in [0.05, 0.1) is 5.57 Å². The van der Waals surface area contributed by atoms with Crippen LogP contribution in [-0.2, 0) is 15.3 Å². The van der Waals surface area contributed by atoms with E-state index in [1.807, 2.05) is 42.5 Å². The molecule has 1 aliphatic heterocycles. The molecule has 38 heavy (non-hydrogen) atoms. The van der Waals surface area contributed by atoms with Crippen LogP contribution in [0.1, 0.15) is 22.7 Å². The Morgan fingerprint density at radius 1 is 1.05 bits per heavy atom. The summed E-state index contributed by atoms with van der Waals surface area (Å²) < 4.78 is 15.6. The second-order valence-electron chi connectivity index (χ2n) is 8.24. The first-order chi connectivity index (χ1) is 18.4. The molecule has 0 spiro atoms. The number of nitrogens with zero attached hydrogens (tertiary/aromatic N) is 3. The van der Waals surface area contributed by atoms with Crippen LogP contribution in [0.5, 0.6) is 0 Å². The average Bonchev–Trinajstić information content (AvgIpc) is 3.50. The van der Waals surface area contributed by atoms with Crippen molar-refractivity contribution in [2.24, 2.45) is 0 Å². The predicted molar refractivity (Wildman–Crippen MR) is 148 cm³/mol. The molecule has 1 N–H and O–H groups in total. The molecule has 1 unspecified atom stereocenters. The highest BCUT2D eigenvalue weighted by molar-refractivity contribution is 8.00. The van der Waals surface area contributed by atoms with Gasteiger partial charge in [-0.2, -0.15) is 0 Å². The fraction of sp³-hybridized carbons (Fsp3) is 0.0714. The molecule has 1 amide bonds. The van der Waals surface area contributed by atoms with E-state index in [1.165, 1.54) is 36.0 Å². The Balaban J connectivity index is 1.46. The van der Waals surface area contributed by atoms with Crippen LogP contribution in [0, 0.1) is 5.82 Å². The second-order valence-corrected chi connectivity index (χ2v) is 10.9. The number of carbonyl (C=O) groups is 2. The van der Waals surface area contributed by atoms with Crippen LogP contribution in [0.25, 0.3) is 6.08 Å². The fourth-order valence-corrected chi connectivity index (χ4v) is 5.90. The summed E-state index contributed by atoms with van der Waals surface area (Å²) in [4.78, 5) is 27.7. The Hall–Kier alpha value is -3.79. The molecule has 190 valence electrons. The van der Waals surface area contributed by atoms with E-state index < -0.39 is 29.3 Å². The number of rotatable bonds is 8. The van der Waals surface area contributed by atoms with Gasteiger partial charge in [-0.15, -0.1) is 10.2 Å². The lowest BCUT2D eigenvalue weighted by Gasteiger charge is -2.24. The summed E-state index contributed by atoms with van der Waals surface area (Å²) in [5.41, 5.74) is 1.62. The molecule has 1 aromatic heterocycles. The number of thioether (sulfide) groups is 1. The summed E-state index contributed by atoms with van der Waals surface area (Å²) >= 11 is 8.47. The molecule has 3 aromatic carbocycles. The SMILES string of the molecule is O=C(C=Cc1ccccc1)C1=C(O)C(=O)N(c2nnc(SCc3ccc(Cl)cc3)s2)C1c1ccccc1F. The van der Waals surface area contributed by atoms with Gasteiger partial charge in [0.25, 0.3) is 5.91 Å². The number of aromatic nitrogens is 2. The maximum atomic E-state index is 15.0. The molecular formula is C28H19ClFN3O3S2. The number of allylic oxidation sites excluding steroid dienone is 1. The van der Waals surface area contributed by atoms with Gasteiger partial charge in [-0.25, -0.2) is 4.39 Å². The highest BCUT2D eigenvalue weighted by Crippen LogP contribution is 2.44. The minimum absolute atomic E-state index is 0.0620. The van der Waals surface area contributed by atoms with E-state index in [1.54, 1.807) is 24.3 Å². The standard InChI is InChI=1S/C28H19ClFN3O3S2/c29-19-13-10-18(11-14-19)16-37-28-32-31-27(38-28)33-24(20-8-4-5-9-21(20)30)23(25(35)26(33)36)22(34)15-12-17-6-2-1-3-7-17/h1-15,24,35H,16H2. The van der Waals surface area contributed by atoms with Gasteiger partial charge in [0.2, 0.25) is 5.13 Å². The molecule has 0 radical (unpaired) electrons. The van der Waals surface area contributed by atoms with Crippen molar-refractivity contribution in [1.82, 2.24) is 10.2 Å². The molecule has 1 aliphatic rings. The van der Waals surface area contributed by atoms with Crippen LogP contribution < -0.4 is 4.90 Å². The molecule has 0 fully saturated rings. The number of ketones is 1. The highest BCUT2D eigenvalue weighted by Gasteiger charge is 2.46. The van der Waals surface area contributed by atoms with Crippen LogP contribution in [0.3, 0.4) is 0 Å². The second kappa shape index (κ2) is 11.3. The molecule has 4 aromatic rings. The number of aliphatic hydroxyl groups excluding tert-OH is 1. The Morgan fingerprint density at radius 3 is 2.50 bits per heavy atom. The van der Waals surface area contributed by atoms with Crippen molar-refractivity contribution < 1.29 is 19.1 Å². The van der Waals surface area contributed by atoms with Crippen LogP contribution in [0.4, 0.5) is 9.52 Å². The number of aliphatic hydroxyl groups is 1. The lowest BCUT2D eigenvalue weighted by atomic mass is 9.95. The number of hydrogen-bond acceptors (Lipinski definition) is 7. The van der Waals surface area contributed by atoms with Gasteiger partial charge in [0, 0.05) is 16.3 Å². The van der Waals surface area contributed by atoms with Crippen LogP contribution >= 0.6 is 34.7 Å². The van der Waals surface area contributed by atoms with Gasteiger partial charge in [0.1, 0.15) is 11.9 Å². The van der Waals surface area contributed by atoms with Crippen LogP contribution in [0.2, 0.25) is 5.02 Å². The van der Waals surface area contributed by atoms with E-state index in [9.17, 15) is 19.1 Å². The Labute approximate surface area is 231 Å². The molecular weight excluding hydrogens is 545 g/mol. The minimum Gasteiger partial charge on any atom is -0.503 e. The summed E-state index contributed by atoms with van der Waals surface area (Å²) in [6.45, 7) is 0. The van der Waals surface area contributed by atoms with Gasteiger partial charge in [-0.3, -0.25) is 14.5 Å². The first-order valence-corrected chi connectivity index (χ1v) is 13.6. The van der Waals surface area contributed by atoms with Gasteiger partial charge in [0.15, 0.2) is 15.9 Å². The zero-order valence-corrected chi connectivity index (χ0v) is 22.0. The quantitative estimate of drug-likeness (QED) is 0.144. The van der Waals surface area contributed by atoms with Crippen molar-refractivity contribution in [3.8, 4) is 0 Å². The maximum absolute atomic E-state index is 15.0. The third-order valence-electron chi connectivity index (χ3n) is 5.78. The number of halogens is 2. The van der Waals surface area contributed by atoms with Crippen LogP contribution in [0.15, 0.2) is 101 Å². The third kappa shape index (κ3) is 5.40. The summed E-state index contributed by atoms with van der Waals surface area (Å²) in [5, 5.41) is 19.9. The molecule has 6 nitrogen and oxygen atoms in total. The summed E-state index contributed by atoms with van der Waals surface area (Å²) in [7, 11) is 0. The fourth-order valence-electron chi connectivity index (χ4n) is 3.96. The van der Waals surface area contributed by atoms with E-state index in [0.717, 1.165) is 27.4 Å². The van der Waals surface area contributed by atoms with E-state index in [-0.39, 0.29) is 16.3 Å². The number of carbonyl (C=O) groups excluding carboxylic acids is 2. The number of anilines is 1. The van der Waals surface area contributed by atoms with Crippen LogP contribution in [-0.4, -0.2) is 27.0 Å². The summed E-state index contributed by atoms with van der Waals surface area (Å²) in [5.74, 6) is -2.23. The van der Waals surface area contributed by atoms with E-state index in [4.69, 9.17) is 11.6 Å². The molecule has 1 atom stereocenters. The summed E-state index contributed by atoms with van der Waals surface area (Å²) in [6.07, 6.45) is 2.84. The Kier molecular flexibility index (Phi) is 7.69. The van der Waals surface area contributed by atoms with Gasteiger partial charge in [-0.05, 0) is 35.4 Å². The minimum atomic E-state index is -1.21. The monoisotopic (exact) mass is 563 g/mol. The van der Waals surface area contributed by atoms with Crippen molar-refractivity contribution in [3.05, 3.63) is 124 Å². The first-order valence-electron chi connectivity index (χ1n) is 11.4. The van der Waals surface area contributed by atoms with Crippen molar-refractivity contribution in [2.45, 2.75) is 16.1 Å². The summed E-state index contributed by atoms with van der Waals surface area (Å²) in [6, 6.07) is 21.1. The number of hydrogen-bond donors (Lipinski definition) is 1. The molecule has 0 aliphatic carbocycles. The highest BCUT2D eigenvalue weighted by atomic mass is 35.5. The lowest BCUT2D eigenvalue weighted by Crippen LogP contribution is -2.31. The van der Waals surface area contributed by atoms with Gasteiger partial charge >= 0.3 is 0 Å². The van der Waals surface area contributed by atoms with E-state index in [0.29, 0.717) is 15.1 Å².